The Bertz CT molecular complexity index is 598. The smallest absolute Gasteiger partial charge is 0.258 e. The lowest BCUT2D eigenvalue weighted by molar-refractivity contribution is -0.385. The van der Waals surface area contributed by atoms with Gasteiger partial charge in [-0.2, -0.15) is 10.2 Å². The normalized spacial score (nSPS) is 12.4. The van der Waals surface area contributed by atoms with Crippen LogP contribution in [0.25, 0.3) is 0 Å². The molecule has 7 nitrogen and oxygen atoms in total. The minimum atomic E-state index is -0.491. The summed E-state index contributed by atoms with van der Waals surface area (Å²) in [5, 5.41) is 22.6. The third-order valence-electron chi connectivity index (χ3n) is 2.57. The van der Waals surface area contributed by atoms with Gasteiger partial charge in [0.2, 0.25) is 0 Å². The lowest BCUT2D eigenvalue weighted by Gasteiger charge is -2.11. The fourth-order valence-corrected chi connectivity index (χ4v) is 1.56. The highest BCUT2D eigenvalue weighted by atomic mass is 35.5. The maximum Gasteiger partial charge on any atom is 0.307 e. The molecule has 0 radical (unpaired) electrons. The van der Waals surface area contributed by atoms with E-state index in [-0.39, 0.29) is 11.7 Å². The molecule has 1 unspecified atom stereocenters. The van der Waals surface area contributed by atoms with Crippen LogP contribution in [0, 0.1) is 17.0 Å². The molecule has 94 valence electrons. The second-order valence-corrected chi connectivity index (χ2v) is 4.21. The van der Waals surface area contributed by atoms with Crippen LogP contribution in [0.2, 0.25) is 5.15 Å². The van der Waals surface area contributed by atoms with Crippen molar-refractivity contribution in [1.82, 2.24) is 20.0 Å². The predicted octanol–water partition coefficient (Wildman–Crippen LogP) is 2.15. The van der Waals surface area contributed by atoms with Crippen LogP contribution < -0.4 is 0 Å². The lowest BCUT2D eigenvalue weighted by atomic mass is 10.2. The fraction of sp³-hybridized carbons (Fsp3) is 0.300. The topological polar surface area (TPSA) is 86.7 Å². The second-order valence-electron chi connectivity index (χ2n) is 3.85. The molecular formula is C10H10ClN5O2. The van der Waals surface area contributed by atoms with E-state index in [4.69, 9.17) is 11.6 Å². The first-order valence-corrected chi connectivity index (χ1v) is 5.55. The Morgan fingerprint density at radius 1 is 1.50 bits per heavy atom. The molecule has 2 aromatic rings. The van der Waals surface area contributed by atoms with Crippen LogP contribution in [0.4, 0.5) is 5.69 Å². The molecule has 2 aromatic heterocycles. The fourth-order valence-electron chi connectivity index (χ4n) is 1.46. The molecule has 0 aliphatic rings. The van der Waals surface area contributed by atoms with Crippen molar-refractivity contribution in [3.8, 4) is 0 Å². The van der Waals surface area contributed by atoms with E-state index >= 15 is 0 Å². The first-order valence-electron chi connectivity index (χ1n) is 5.17. The molecule has 0 saturated heterocycles. The maximum absolute atomic E-state index is 10.6. The summed E-state index contributed by atoms with van der Waals surface area (Å²) in [4.78, 5) is 10.1. The number of nitro groups is 1. The number of rotatable bonds is 3. The zero-order chi connectivity index (χ0) is 13.3. The molecule has 0 spiro atoms. The number of hydrogen-bond acceptors (Lipinski definition) is 5. The summed E-state index contributed by atoms with van der Waals surface area (Å²) in [6, 6.07) is 1.54. The van der Waals surface area contributed by atoms with Crippen LogP contribution in [-0.2, 0) is 0 Å². The lowest BCUT2D eigenvalue weighted by Crippen LogP contribution is -2.10. The van der Waals surface area contributed by atoms with Gasteiger partial charge >= 0.3 is 5.69 Å². The Morgan fingerprint density at radius 3 is 2.78 bits per heavy atom. The van der Waals surface area contributed by atoms with Crippen molar-refractivity contribution in [3.05, 3.63) is 45.0 Å². The SMILES string of the molecule is Cc1cc(C(C)n2cc([N+](=O)[O-])cn2)nnc1Cl. The van der Waals surface area contributed by atoms with Gasteiger partial charge in [0.1, 0.15) is 12.4 Å². The van der Waals surface area contributed by atoms with Gasteiger partial charge < -0.3 is 0 Å². The zero-order valence-electron chi connectivity index (χ0n) is 9.74. The Morgan fingerprint density at radius 2 is 2.22 bits per heavy atom. The Kier molecular flexibility index (Phi) is 3.24. The Hall–Kier alpha value is -2.02. The van der Waals surface area contributed by atoms with Gasteiger partial charge in [0.25, 0.3) is 0 Å². The van der Waals surface area contributed by atoms with Gasteiger partial charge in [0.05, 0.1) is 16.7 Å². The van der Waals surface area contributed by atoms with Crippen molar-refractivity contribution in [3.63, 3.8) is 0 Å². The van der Waals surface area contributed by atoms with Gasteiger partial charge in [-0.05, 0) is 25.5 Å². The standard InChI is InChI=1S/C10H10ClN5O2/c1-6-3-9(13-14-10(6)11)7(2)15-5-8(4-12-15)16(17)18/h3-5,7H,1-2H3. The molecule has 18 heavy (non-hydrogen) atoms. The quantitative estimate of drug-likeness (QED) is 0.628. The van der Waals surface area contributed by atoms with E-state index in [1.807, 2.05) is 13.8 Å². The third kappa shape index (κ3) is 2.30. The van der Waals surface area contributed by atoms with Crippen LogP contribution >= 0.6 is 11.6 Å². The molecule has 0 aliphatic heterocycles. The number of halogens is 1. The van der Waals surface area contributed by atoms with Crippen LogP contribution in [0.3, 0.4) is 0 Å². The van der Waals surface area contributed by atoms with Gasteiger partial charge in [-0.3, -0.25) is 14.8 Å². The highest BCUT2D eigenvalue weighted by molar-refractivity contribution is 6.30. The van der Waals surface area contributed by atoms with Crippen LogP contribution in [0.15, 0.2) is 18.5 Å². The largest absolute Gasteiger partial charge is 0.307 e. The van der Waals surface area contributed by atoms with Crippen LogP contribution in [-0.4, -0.2) is 24.9 Å². The molecule has 0 bridgehead atoms. The van der Waals surface area contributed by atoms with E-state index in [0.717, 1.165) is 5.56 Å². The second kappa shape index (κ2) is 4.69. The molecule has 0 aliphatic carbocycles. The highest BCUT2D eigenvalue weighted by Gasteiger charge is 2.16. The van der Waals surface area contributed by atoms with Crippen molar-refractivity contribution in [2.24, 2.45) is 0 Å². The number of aryl methyl sites for hydroxylation is 1. The molecule has 2 heterocycles. The Labute approximate surface area is 108 Å². The summed E-state index contributed by atoms with van der Waals surface area (Å²) in [6.07, 6.45) is 2.56. The number of hydrogen-bond donors (Lipinski definition) is 0. The molecule has 0 amide bonds. The maximum atomic E-state index is 10.6. The summed E-state index contributed by atoms with van der Waals surface area (Å²) in [7, 11) is 0. The van der Waals surface area contributed by atoms with Crippen molar-refractivity contribution >= 4 is 17.3 Å². The van der Waals surface area contributed by atoms with E-state index in [1.165, 1.54) is 17.1 Å². The molecular weight excluding hydrogens is 258 g/mol. The Balaban J connectivity index is 2.31. The molecule has 2 rings (SSSR count). The monoisotopic (exact) mass is 267 g/mol. The summed E-state index contributed by atoms with van der Waals surface area (Å²) < 4.78 is 1.47. The summed E-state index contributed by atoms with van der Waals surface area (Å²) >= 11 is 5.79. The van der Waals surface area contributed by atoms with Gasteiger partial charge in [0.15, 0.2) is 5.15 Å². The van der Waals surface area contributed by atoms with Gasteiger partial charge in [0, 0.05) is 0 Å². The molecule has 0 N–H and O–H groups in total. The van der Waals surface area contributed by atoms with E-state index in [1.54, 1.807) is 6.07 Å². The first kappa shape index (κ1) is 12.4. The minimum absolute atomic E-state index is 0.0551. The average Bonchev–Trinajstić information content (AvgIpc) is 2.81. The highest BCUT2D eigenvalue weighted by Crippen LogP contribution is 2.20. The molecule has 0 fully saturated rings. The first-order chi connectivity index (χ1) is 8.49. The van der Waals surface area contributed by atoms with Crippen molar-refractivity contribution in [2.75, 3.05) is 0 Å². The van der Waals surface area contributed by atoms with E-state index in [9.17, 15) is 10.1 Å². The van der Waals surface area contributed by atoms with Crippen LogP contribution in [0.1, 0.15) is 24.2 Å². The van der Waals surface area contributed by atoms with Crippen molar-refractivity contribution in [1.29, 1.82) is 0 Å². The number of nitrogens with zero attached hydrogens (tertiary/aromatic N) is 5. The van der Waals surface area contributed by atoms with Gasteiger partial charge in [-0.15, -0.1) is 5.10 Å². The number of aromatic nitrogens is 4. The predicted molar refractivity (Wildman–Crippen MR) is 64.5 cm³/mol. The summed E-state index contributed by atoms with van der Waals surface area (Å²) in [6.45, 7) is 3.65. The van der Waals surface area contributed by atoms with Crippen LogP contribution in [0.5, 0.6) is 0 Å². The van der Waals surface area contributed by atoms with Gasteiger partial charge in [-0.1, -0.05) is 11.6 Å². The summed E-state index contributed by atoms with van der Waals surface area (Å²) in [5.74, 6) is 0. The molecule has 0 saturated carbocycles. The van der Waals surface area contributed by atoms with E-state index in [2.05, 4.69) is 15.3 Å². The van der Waals surface area contributed by atoms with E-state index in [0.29, 0.717) is 10.8 Å². The average molecular weight is 268 g/mol. The minimum Gasteiger partial charge on any atom is -0.258 e. The van der Waals surface area contributed by atoms with Crippen molar-refractivity contribution in [2.45, 2.75) is 19.9 Å². The molecule has 1 atom stereocenters. The molecule has 0 aromatic carbocycles. The summed E-state index contributed by atoms with van der Waals surface area (Å²) in [5.41, 5.74) is 1.39. The third-order valence-corrected chi connectivity index (χ3v) is 2.94. The molecule has 8 heteroatoms. The van der Waals surface area contributed by atoms with Gasteiger partial charge in [-0.25, -0.2) is 0 Å². The van der Waals surface area contributed by atoms with Crippen molar-refractivity contribution < 1.29 is 4.92 Å². The zero-order valence-corrected chi connectivity index (χ0v) is 10.5. The van der Waals surface area contributed by atoms with E-state index < -0.39 is 4.92 Å².